The van der Waals surface area contributed by atoms with Crippen LogP contribution in [0.15, 0.2) is 84.9 Å². The number of carbonyl (C=O) groups excluding carboxylic acids is 2. The minimum Gasteiger partial charge on any atom is -0.461 e. The second kappa shape index (κ2) is 16.5. The molecule has 0 aliphatic heterocycles. The van der Waals surface area contributed by atoms with E-state index in [2.05, 4.69) is 10.2 Å². The van der Waals surface area contributed by atoms with Crippen LogP contribution in [0.25, 0.3) is 11.3 Å². The van der Waals surface area contributed by atoms with Crippen molar-refractivity contribution in [1.29, 1.82) is 0 Å². The molecule has 1 amide bonds. The molecule has 47 heavy (non-hydrogen) atoms. The minimum atomic E-state index is -1.16. The van der Waals surface area contributed by atoms with E-state index in [4.69, 9.17) is 4.74 Å². The van der Waals surface area contributed by atoms with Crippen LogP contribution in [0.3, 0.4) is 0 Å². The molecule has 0 aliphatic rings. The number of rotatable bonds is 16. The first-order chi connectivity index (χ1) is 22.5. The van der Waals surface area contributed by atoms with Gasteiger partial charge in [-0.1, -0.05) is 56.3 Å². The summed E-state index contributed by atoms with van der Waals surface area (Å²) in [6.45, 7) is 4.03. The second-order valence-corrected chi connectivity index (χ2v) is 11.5. The Labute approximate surface area is 271 Å². The predicted molar refractivity (Wildman–Crippen MR) is 172 cm³/mol. The molecule has 4 aromatic rings. The summed E-state index contributed by atoms with van der Waals surface area (Å²) in [7, 11) is 0. The Bertz CT molecular complexity index is 1640. The van der Waals surface area contributed by atoms with Crippen molar-refractivity contribution in [2.75, 3.05) is 5.32 Å². The number of amides is 1. The summed E-state index contributed by atoms with van der Waals surface area (Å²) >= 11 is 0. The summed E-state index contributed by atoms with van der Waals surface area (Å²) in [6, 6.07) is 23.3. The molecule has 3 aromatic carbocycles. The van der Waals surface area contributed by atoms with E-state index < -0.39 is 29.1 Å². The molecule has 248 valence electrons. The maximum absolute atomic E-state index is 13.8. The number of hydrogen-bond donors (Lipinski definition) is 3. The number of aliphatic hydroxyl groups excluding tert-OH is 2. The monoisotopic (exact) mass is 647 g/mol. The highest BCUT2D eigenvalue weighted by Crippen LogP contribution is 2.33. The minimum absolute atomic E-state index is 0.00978. The van der Waals surface area contributed by atoms with Crippen LogP contribution in [0.4, 0.5) is 10.1 Å². The lowest BCUT2D eigenvalue weighted by molar-refractivity contribution is -0.763. The lowest BCUT2D eigenvalue weighted by Crippen LogP contribution is -2.23. The molecule has 11 nitrogen and oxygen atoms in total. The summed E-state index contributed by atoms with van der Waals surface area (Å²) in [5.41, 5.74) is 4.32. The lowest BCUT2D eigenvalue weighted by atomic mass is 10.1. The molecule has 3 N–H and O–H groups in total. The Morgan fingerprint density at radius 3 is 2.19 bits per heavy atom. The van der Waals surface area contributed by atoms with Crippen LogP contribution in [-0.2, 0) is 34.1 Å². The van der Waals surface area contributed by atoms with E-state index >= 15 is 0 Å². The number of nitrogens with one attached hydrogen (secondary N) is 1. The van der Waals surface area contributed by atoms with Gasteiger partial charge < -0.3 is 29.7 Å². The van der Waals surface area contributed by atoms with Crippen LogP contribution in [0.1, 0.15) is 66.2 Å². The Morgan fingerprint density at radius 1 is 0.936 bits per heavy atom. The van der Waals surface area contributed by atoms with Crippen LogP contribution in [0, 0.1) is 15.9 Å². The normalized spacial score (nSPS) is 12.4. The zero-order chi connectivity index (χ0) is 33.9. The summed E-state index contributed by atoms with van der Waals surface area (Å²) in [5.74, 6) is -1.38. The highest BCUT2D eigenvalue weighted by atomic mass is 19.1. The predicted octanol–water partition coefficient (Wildman–Crippen LogP) is 6.01. The number of halogens is 1. The number of ether oxygens (including phenoxy) is 1. The molecule has 2 atom stereocenters. The van der Waals surface area contributed by atoms with Crippen molar-refractivity contribution < 1.29 is 38.9 Å². The molecule has 0 aliphatic carbocycles. The van der Waals surface area contributed by atoms with E-state index in [-0.39, 0.29) is 44.3 Å². The highest BCUT2D eigenvalue weighted by Gasteiger charge is 2.24. The first-order valence-electron chi connectivity index (χ1n) is 15.2. The first kappa shape index (κ1) is 34.8. The summed E-state index contributed by atoms with van der Waals surface area (Å²) < 4.78 is 21.0. The largest absolute Gasteiger partial charge is 0.461 e. The zero-order valence-corrected chi connectivity index (χ0v) is 26.2. The number of carbonyl (C=O) groups is 2. The fourth-order valence-electron chi connectivity index (χ4n) is 5.17. The Kier molecular flexibility index (Phi) is 12.2. The Morgan fingerprint density at radius 2 is 1.57 bits per heavy atom. The topological polar surface area (TPSA) is 153 Å². The molecule has 1 aromatic heterocycles. The molecule has 0 fully saturated rings. The molecule has 4 rings (SSSR count). The van der Waals surface area contributed by atoms with Crippen LogP contribution >= 0.6 is 0 Å². The molecule has 0 saturated carbocycles. The molecular weight excluding hydrogens is 609 g/mol. The van der Waals surface area contributed by atoms with Crippen molar-refractivity contribution in [2.24, 2.45) is 0 Å². The molecular formula is C35H38FN3O8. The number of hydrogen-bond acceptors (Lipinski definition) is 8. The van der Waals surface area contributed by atoms with Gasteiger partial charge in [-0.15, -0.1) is 10.1 Å². The van der Waals surface area contributed by atoms with Crippen molar-refractivity contribution >= 4 is 17.6 Å². The Balaban J connectivity index is 1.39. The summed E-state index contributed by atoms with van der Waals surface area (Å²) in [5, 5.41) is 33.7. The van der Waals surface area contributed by atoms with Gasteiger partial charge in [0.25, 0.3) is 11.0 Å². The first-order valence-corrected chi connectivity index (χ1v) is 15.2. The summed E-state index contributed by atoms with van der Waals surface area (Å²) in [6.07, 6.45) is -2.32. The highest BCUT2D eigenvalue weighted by molar-refractivity contribution is 6.08. The van der Waals surface area contributed by atoms with Crippen LogP contribution in [0.5, 0.6) is 0 Å². The van der Waals surface area contributed by atoms with Gasteiger partial charge in [0.1, 0.15) is 19.0 Å². The molecule has 0 radical (unpaired) electrons. The van der Waals surface area contributed by atoms with Crippen molar-refractivity contribution in [3.63, 3.8) is 0 Å². The fraction of sp³-hybridized carbons (Fsp3) is 0.314. The van der Waals surface area contributed by atoms with E-state index in [1.54, 1.807) is 48.5 Å². The van der Waals surface area contributed by atoms with Crippen molar-refractivity contribution in [2.45, 2.75) is 71.0 Å². The molecule has 0 spiro atoms. The average molecular weight is 648 g/mol. The maximum Gasteiger partial charge on any atom is 0.308 e. The van der Waals surface area contributed by atoms with Crippen molar-refractivity contribution in [3.05, 3.63) is 123 Å². The van der Waals surface area contributed by atoms with E-state index in [1.807, 2.05) is 42.7 Å². The van der Waals surface area contributed by atoms with E-state index in [0.29, 0.717) is 40.2 Å². The number of aliphatic hydroxyl groups is 2. The number of anilines is 1. The number of esters is 1. The lowest BCUT2D eigenvalue weighted by Gasteiger charge is -2.20. The number of para-hydroxylation sites is 1. The van der Waals surface area contributed by atoms with Gasteiger partial charge in [0.05, 0.1) is 29.9 Å². The SMILES string of the molecule is CC(C)c1cc(C(=O)Nc2ccccc2)c(-c2ccc(F)cc2)n1CC[C@@H](O)C[C@@H](O)CC(=O)OCc1ccc(CO[N+](=O)[O-])cc1. The molecule has 1 heterocycles. The van der Waals surface area contributed by atoms with Gasteiger partial charge in [-0.05, 0) is 77.9 Å². The molecule has 0 bridgehead atoms. The summed E-state index contributed by atoms with van der Waals surface area (Å²) in [4.78, 5) is 40.5. The average Bonchev–Trinajstić information content (AvgIpc) is 3.43. The van der Waals surface area contributed by atoms with Crippen LogP contribution in [-0.4, -0.2) is 44.0 Å². The molecule has 0 saturated heterocycles. The van der Waals surface area contributed by atoms with E-state index in [0.717, 1.165) is 5.69 Å². The smallest absolute Gasteiger partial charge is 0.308 e. The van der Waals surface area contributed by atoms with Gasteiger partial charge in [-0.3, -0.25) is 9.59 Å². The quantitative estimate of drug-likeness (QED) is 0.0759. The van der Waals surface area contributed by atoms with Gasteiger partial charge >= 0.3 is 5.97 Å². The van der Waals surface area contributed by atoms with E-state index in [1.165, 1.54) is 12.1 Å². The number of aromatic nitrogens is 1. The maximum atomic E-state index is 13.8. The second-order valence-electron chi connectivity index (χ2n) is 11.5. The van der Waals surface area contributed by atoms with Crippen molar-refractivity contribution in [1.82, 2.24) is 4.57 Å². The Hall–Kier alpha value is -5.07. The van der Waals surface area contributed by atoms with Gasteiger partial charge in [-0.25, -0.2) is 4.39 Å². The van der Waals surface area contributed by atoms with Gasteiger partial charge in [0, 0.05) is 17.9 Å². The zero-order valence-electron chi connectivity index (χ0n) is 26.2. The van der Waals surface area contributed by atoms with Crippen molar-refractivity contribution in [3.8, 4) is 11.3 Å². The third kappa shape index (κ3) is 10.2. The van der Waals surface area contributed by atoms with E-state index in [9.17, 15) is 34.3 Å². The molecule has 12 heteroatoms. The third-order valence-corrected chi connectivity index (χ3v) is 7.51. The van der Waals surface area contributed by atoms with Gasteiger partial charge in [0.15, 0.2) is 0 Å². The molecule has 0 unspecified atom stereocenters. The standard InChI is InChI=1S/C35H38FN3O8/c1-23(2)32-20-31(35(43)37-28-6-4-3-5-7-28)34(26-12-14-27(36)15-13-26)38(32)17-16-29(40)18-30(41)19-33(42)46-21-24-8-10-25(11-9-24)22-47-39(44)45/h3-15,20,23,29-30,40-41H,16-19,21-22H2,1-2H3,(H,37,43)/t29-,30-/m1/s1. The van der Waals surface area contributed by atoms with Gasteiger partial charge in [-0.2, -0.15) is 0 Å². The van der Waals surface area contributed by atoms with Crippen LogP contribution < -0.4 is 5.32 Å². The number of benzene rings is 3. The number of nitrogens with zero attached hydrogens (tertiary/aromatic N) is 2. The van der Waals surface area contributed by atoms with Crippen LogP contribution in [0.2, 0.25) is 0 Å². The third-order valence-electron chi connectivity index (χ3n) is 7.51. The fourth-order valence-corrected chi connectivity index (χ4v) is 5.17. The van der Waals surface area contributed by atoms with Gasteiger partial charge in [0.2, 0.25) is 0 Å².